The summed E-state index contributed by atoms with van der Waals surface area (Å²) in [5.74, 6) is -0.889. The minimum absolute atomic E-state index is 0.270. The fourth-order valence-corrected chi connectivity index (χ4v) is 1.54. The van der Waals surface area contributed by atoms with Crippen LogP contribution in [0.3, 0.4) is 0 Å². The summed E-state index contributed by atoms with van der Waals surface area (Å²) in [7, 11) is 0. The lowest BCUT2D eigenvalue weighted by molar-refractivity contribution is -0.144. The first-order chi connectivity index (χ1) is 8.45. The maximum absolute atomic E-state index is 11.8. The van der Waals surface area contributed by atoms with Gasteiger partial charge in [-0.3, -0.25) is 4.79 Å². The van der Waals surface area contributed by atoms with Crippen LogP contribution < -0.4 is 5.32 Å². The largest absolute Gasteiger partial charge is 0.464 e. The van der Waals surface area contributed by atoms with Crippen LogP contribution in [0.4, 0.5) is 0 Å². The summed E-state index contributed by atoms with van der Waals surface area (Å²) < 4.78 is 4.78. The predicted octanol–water partition coefficient (Wildman–Crippen LogP) is 2.67. The SMILES string of the molecule is CCOC(=O)[C@H](C)NC(=O)c1ccc(Cl)c(Cl)c1. The number of ether oxygens (including phenoxy) is 1. The molecule has 0 bridgehead atoms. The van der Waals surface area contributed by atoms with Crippen molar-refractivity contribution in [1.29, 1.82) is 0 Å². The van der Waals surface area contributed by atoms with E-state index in [-0.39, 0.29) is 11.6 Å². The molecule has 18 heavy (non-hydrogen) atoms. The van der Waals surface area contributed by atoms with Gasteiger partial charge < -0.3 is 10.1 Å². The summed E-state index contributed by atoms with van der Waals surface area (Å²) in [6.45, 7) is 3.52. The average molecular weight is 290 g/mol. The number of rotatable bonds is 4. The topological polar surface area (TPSA) is 55.4 Å². The number of halogens is 2. The number of hydrogen-bond donors (Lipinski definition) is 1. The van der Waals surface area contributed by atoms with Crippen LogP contribution in [0.15, 0.2) is 18.2 Å². The van der Waals surface area contributed by atoms with Crippen molar-refractivity contribution in [2.45, 2.75) is 19.9 Å². The number of carbonyl (C=O) groups excluding carboxylic acids is 2. The van der Waals surface area contributed by atoms with Gasteiger partial charge in [0.25, 0.3) is 5.91 Å². The van der Waals surface area contributed by atoms with Crippen LogP contribution in [0.2, 0.25) is 10.0 Å². The molecule has 0 saturated heterocycles. The molecule has 1 aromatic carbocycles. The van der Waals surface area contributed by atoms with Gasteiger partial charge in [-0.25, -0.2) is 4.79 Å². The number of hydrogen-bond acceptors (Lipinski definition) is 3. The lowest BCUT2D eigenvalue weighted by Crippen LogP contribution is -2.39. The molecule has 0 aromatic heterocycles. The summed E-state index contributed by atoms with van der Waals surface area (Å²) in [5.41, 5.74) is 0.334. The van der Waals surface area contributed by atoms with E-state index in [9.17, 15) is 9.59 Å². The molecule has 4 nitrogen and oxygen atoms in total. The molecular weight excluding hydrogens is 277 g/mol. The van der Waals surface area contributed by atoms with E-state index in [2.05, 4.69) is 5.32 Å². The summed E-state index contributed by atoms with van der Waals surface area (Å²) in [5, 5.41) is 3.16. The Morgan fingerprint density at radius 2 is 2.00 bits per heavy atom. The highest BCUT2D eigenvalue weighted by Crippen LogP contribution is 2.22. The van der Waals surface area contributed by atoms with Gasteiger partial charge in [0.05, 0.1) is 16.7 Å². The molecule has 0 aliphatic rings. The lowest BCUT2D eigenvalue weighted by Gasteiger charge is -2.12. The molecule has 1 amide bonds. The van der Waals surface area contributed by atoms with Crippen LogP contribution in [0.1, 0.15) is 24.2 Å². The van der Waals surface area contributed by atoms with Gasteiger partial charge in [-0.15, -0.1) is 0 Å². The smallest absolute Gasteiger partial charge is 0.328 e. The van der Waals surface area contributed by atoms with E-state index < -0.39 is 17.9 Å². The van der Waals surface area contributed by atoms with E-state index in [1.165, 1.54) is 18.2 Å². The van der Waals surface area contributed by atoms with Crippen molar-refractivity contribution in [2.75, 3.05) is 6.61 Å². The first kappa shape index (κ1) is 14.8. The zero-order valence-corrected chi connectivity index (χ0v) is 11.5. The quantitative estimate of drug-likeness (QED) is 0.867. The van der Waals surface area contributed by atoms with Gasteiger partial charge >= 0.3 is 5.97 Å². The average Bonchev–Trinajstić information content (AvgIpc) is 2.32. The minimum atomic E-state index is -0.716. The van der Waals surface area contributed by atoms with Crippen LogP contribution in [0.5, 0.6) is 0 Å². The Kier molecular flexibility index (Phi) is 5.44. The van der Waals surface area contributed by atoms with E-state index in [0.29, 0.717) is 10.6 Å². The Bertz CT molecular complexity index is 463. The van der Waals surface area contributed by atoms with Crippen molar-refractivity contribution in [3.05, 3.63) is 33.8 Å². The van der Waals surface area contributed by atoms with Crippen molar-refractivity contribution in [1.82, 2.24) is 5.32 Å². The van der Waals surface area contributed by atoms with Crippen LogP contribution >= 0.6 is 23.2 Å². The number of carbonyl (C=O) groups is 2. The first-order valence-corrected chi connectivity index (χ1v) is 6.13. The van der Waals surface area contributed by atoms with E-state index in [1.807, 2.05) is 0 Å². The zero-order chi connectivity index (χ0) is 13.7. The fourth-order valence-electron chi connectivity index (χ4n) is 1.24. The Morgan fingerprint density at radius 1 is 1.33 bits per heavy atom. The Labute approximate surface area is 115 Å². The van der Waals surface area contributed by atoms with Crippen molar-refractivity contribution in [2.24, 2.45) is 0 Å². The molecule has 1 atom stereocenters. The monoisotopic (exact) mass is 289 g/mol. The number of benzene rings is 1. The van der Waals surface area contributed by atoms with Crippen LogP contribution in [-0.4, -0.2) is 24.5 Å². The number of amides is 1. The second kappa shape index (κ2) is 6.61. The normalized spacial score (nSPS) is 11.8. The van der Waals surface area contributed by atoms with Crippen LogP contribution in [0, 0.1) is 0 Å². The summed E-state index contributed by atoms with van der Waals surface area (Å²) in [6.07, 6.45) is 0. The molecule has 0 fully saturated rings. The van der Waals surface area contributed by atoms with Gasteiger partial charge in [0.2, 0.25) is 0 Å². The van der Waals surface area contributed by atoms with E-state index in [1.54, 1.807) is 13.8 Å². The molecule has 0 saturated carbocycles. The molecule has 0 aliphatic carbocycles. The molecule has 0 heterocycles. The molecule has 0 unspecified atom stereocenters. The molecule has 1 aromatic rings. The Morgan fingerprint density at radius 3 is 2.56 bits per heavy atom. The third-order valence-electron chi connectivity index (χ3n) is 2.17. The highest BCUT2D eigenvalue weighted by atomic mass is 35.5. The third-order valence-corrected chi connectivity index (χ3v) is 2.91. The summed E-state index contributed by atoms with van der Waals surface area (Å²) in [4.78, 5) is 23.2. The zero-order valence-electron chi connectivity index (χ0n) is 10.00. The van der Waals surface area contributed by atoms with Crippen molar-refractivity contribution in [3.63, 3.8) is 0 Å². The minimum Gasteiger partial charge on any atom is -0.464 e. The lowest BCUT2D eigenvalue weighted by atomic mass is 10.2. The molecule has 98 valence electrons. The van der Waals surface area contributed by atoms with Gasteiger partial charge in [-0.2, -0.15) is 0 Å². The third kappa shape index (κ3) is 3.89. The van der Waals surface area contributed by atoms with E-state index in [0.717, 1.165) is 0 Å². The summed E-state index contributed by atoms with van der Waals surface area (Å²) in [6, 6.07) is 3.78. The maximum Gasteiger partial charge on any atom is 0.328 e. The molecule has 0 aliphatic heterocycles. The predicted molar refractivity (Wildman–Crippen MR) is 70.0 cm³/mol. The molecule has 1 rings (SSSR count). The number of nitrogens with one attached hydrogen (secondary N) is 1. The van der Waals surface area contributed by atoms with Crippen LogP contribution in [0.25, 0.3) is 0 Å². The fraction of sp³-hybridized carbons (Fsp3) is 0.333. The second-order valence-electron chi connectivity index (χ2n) is 3.58. The second-order valence-corrected chi connectivity index (χ2v) is 4.39. The van der Waals surface area contributed by atoms with Gasteiger partial charge in [-0.1, -0.05) is 23.2 Å². The van der Waals surface area contributed by atoms with E-state index in [4.69, 9.17) is 27.9 Å². The van der Waals surface area contributed by atoms with Crippen molar-refractivity contribution >= 4 is 35.1 Å². The van der Waals surface area contributed by atoms with Crippen molar-refractivity contribution < 1.29 is 14.3 Å². The van der Waals surface area contributed by atoms with Crippen LogP contribution in [-0.2, 0) is 9.53 Å². The van der Waals surface area contributed by atoms with Crippen molar-refractivity contribution in [3.8, 4) is 0 Å². The highest BCUT2D eigenvalue weighted by Gasteiger charge is 2.17. The van der Waals surface area contributed by atoms with Gasteiger partial charge in [0.15, 0.2) is 0 Å². The maximum atomic E-state index is 11.8. The van der Waals surface area contributed by atoms with Gasteiger partial charge in [0.1, 0.15) is 6.04 Å². The molecular formula is C12H13Cl2NO3. The Balaban J connectivity index is 2.70. The first-order valence-electron chi connectivity index (χ1n) is 5.38. The summed E-state index contributed by atoms with van der Waals surface area (Å²) >= 11 is 11.5. The van der Waals surface area contributed by atoms with Gasteiger partial charge in [-0.05, 0) is 32.0 Å². The van der Waals surface area contributed by atoms with E-state index >= 15 is 0 Å². The molecule has 6 heteroatoms. The van der Waals surface area contributed by atoms with Gasteiger partial charge in [0, 0.05) is 5.56 Å². The standard InChI is InChI=1S/C12H13Cl2NO3/c1-3-18-12(17)7(2)15-11(16)8-4-5-9(13)10(14)6-8/h4-7H,3H2,1-2H3,(H,15,16)/t7-/m0/s1. The molecule has 0 spiro atoms. The highest BCUT2D eigenvalue weighted by molar-refractivity contribution is 6.42. The Hall–Kier alpha value is -1.26. The molecule has 0 radical (unpaired) electrons. The number of esters is 1. The molecule has 1 N–H and O–H groups in total.